The van der Waals surface area contributed by atoms with Gasteiger partial charge in [-0.1, -0.05) is 82.1 Å². The summed E-state index contributed by atoms with van der Waals surface area (Å²) < 4.78 is 36.7. The number of hydrogen-bond acceptors (Lipinski definition) is 17. The molecule has 2 bridgehead atoms. The molecule has 0 radical (unpaired) electrons. The summed E-state index contributed by atoms with van der Waals surface area (Å²) in [6.07, 6.45) is -15.2. The number of aliphatic hydroxyl groups excluding tert-OH is 5. The Bertz CT molecular complexity index is 2200. The molecule has 4 fully saturated rings. The summed E-state index contributed by atoms with van der Waals surface area (Å²) in [5.41, 5.74) is -7.69. The smallest absolute Gasteiger partial charge is 0.338 e. The number of amides is 1. The van der Waals surface area contributed by atoms with Gasteiger partial charge in [0.05, 0.1) is 42.3 Å². The molecular weight excluding hydrogens is 875 g/mol. The Morgan fingerprint density at radius 1 is 0.910 bits per heavy atom. The summed E-state index contributed by atoms with van der Waals surface area (Å²) in [4.78, 5) is 70.8. The van der Waals surface area contributed by atoms with Crippen molar-refractivity contribution in [2.75, 3.05) is 13.2 Å². The summed E-state index contributed by atoms with van der Waals surface area (Å²) in [6, 6.07) is 14.8. The van der Waals surface area contributed by atoms with Crippen molar-refractivity contribution in [3.63, 3.8) is 0 Å². The summed E-state index contributed by atoms with van der Waals surface area (Å²) in [5, 5.41) is 72.8. The second kappa shape index (κ2) is 19.4. The van der Waals surface area contributed by atoms with Crippen molar-refractivity contribution in [2.24, 2.45) is 16.7 Å². The number of rotatable bonds is 14. The lowest BCUT2D eigenvalue weighted by atomic mass is 9.44. The van der Waals surface area contributed by atoms with Gasteiger partial charge in [0.15, 0.2) is 23.8 Å². The molecule has 5 aliphatic rings. The zero-order chi connectivity index (χ0) is 48.8. The van der Waals surface area contributed by atoms with Gasteiger partial charge in [0.2, 0.25) is 5.91 Å². The van der Waals surface area contributed by atoms with E-state index in [1.54, 1.807) is 48.5 Å². The largest absolute Gasteiger partial charge is 0.456 e. The molecule has 2 aliphatic heterocycles. The minimum atomic E-state index is -2.45. The van der Waals surface area contributed by atoms with Crippen molar-refractivity contribution >= 4 is 29.6 Å². The van der Waals surface area contributed by atoms with Gasteiger partial charge in [0, 0.05) is 31.6 Å². The monoisotopic (exact) mass is 937 g/mol. The van der Waals surface area contributed by atoms with Crippen LogP contribution in [0.25, 0.3) is 0 Å². The first-order valence-electron chi connectivity index (χ1n) is 22.9. The zero-order valence-electron chi connectivity index (χ0n) is 38.5. The maximum atomic E-state index is 15.7. The van der Waals surface area contributed by atoms with E-state index >= 15 is 4.79 Å². The van der Waals surface area contributed by atoms with E-state index in [0.29, 0.717) is 12.0 Å². The van der Waals surface area contributed by atoms with Gasteiger partial charge in [-0.15, -0.1) is 0 Å². The minimum Gasteiger partial charge on any atom is -0.456 e. The second-order valence-corrected chi connectivity index (χ2v) is 19.3. The molecule has 1 amide bonds. The van der Waals surface area contributed by atoms with Gasteiger partial charge in [-0.2, -0.15) is 0 Å². The number of Topliss-reactive ketones (excluding diaryl/α,β-unsaturated/α-hetero) is 1. The van der Waals surface area contributed by atoms with Gasteiger partial charge in [-0.05, 0) is 49.1 Å². The number of carbonyl (C=O) groups excluding carboxylic acids is 5. The van der Waals surface area contributed by atoms with Crippen LogP contribution < -0.4 is 5.32 Å². The fraction of sp³-hybridized carbons (Fsp3) is 0.612. The first-order chi connectivity index (χ1) is 31.6. The van der Waals surface area contributed by atoms with E-state index in [1.165, 1.54) is 39.8 Å². The third-order valence-electron chi connectivity index (χ3n) is 14.9. The molecule has 2 aromatic rings. The van der Waals surface area contributed by atoms with Crippen molar-refractivity contribution < 1.29 is 83.0 Å². The average Bonchev–Trinajstić information content (AvgIpc) is 3.29. The van der Waals surface area contributed by atoms with Crippen molar-refractivity contribution in [1.29, 1.82) is 0 Å². The van der Waals surface area contributed by atoms with Gasteiger partial charge >= 0.3 is 17.9 Å². The molecule has 2 saturated carbocycles. The lowest BCUT2D eigenvalue weighted by Gasteiger charge is -2.68. The van der Waals surface area contributed by atoms with Gasteiger partial charge in [0.1, 0.15) is 48.3 Å². The molecule has 2 heterocycles. The van der Waals surface area contributed by atoms with Crippen molar-refractivity contribution in [3.8, 4) is 0 Å². The van der Waals surface area contributed by atoms with Crippen LogP contribution in [0.3, 0.4) is 0 Å². The first kappa shape index (κ1) is 50.3. The molecule has 2 saturated heterocycles. The van der Waals surface area contributed by atoms with Crippen LogP contribution in [-0.4, -0.2) is 146 Å². The fourth-order valence-corrected chi connectivity index (χ4v) is 11.1. The average molecular weight is 938 g/mol. The Kier molecular flexibility index (Phi) is 14.6. The fourth-order valence-electron chi connectivity index (χ4n) is 11.1. The van der Waals surface area contributed by atoms with Crippen LogP contribution in [0, 0.1) is 16.7 Å². The van der Waals surface area contributed by atoms with Crippen LogP contribution in [0.4, 0.5) is 0 Å². The Morgan fingerprint density at radius 2 is 1.57 bits per heavy atom. The van der Waals surface area contributed by atoms with Gasteiger partial charge in [0.25, 0.3) is 0 Å². The number of esters is 3. The number of fused-ring (bicyclic) bond motifs is 5. The number of unbranched alkanes of at least 4 members (excludes halogenated alkanes) is 2. The predicted octanol–water partition coefficient (Wildman–Crippen LogP) is 1.89. The first-order valence-corrected chi connectivity index (χ1v) is 22.9. The number of carbonyl (C=O) groups is 5. The van der Waals surface area contributed by atoms with Crippen LogP contribution in [-0.2, 0) is 47.6 Å². The van der Waals surface area contributed by atoms with Gasteiger partial charge < -0.3 is 64.4 Å². The molecule has 6 unspecified atom stereocenters. The molecule has 15 atom stereocenters. The second-order valence-electron chi connectivity index (χ2n) is 19.3. The SMILES string of the molecule is CCCCCC(=O)N[C@@H](c1ccccc1)[C@H](O)C(=O)O[C@H]1C[C@@]2(O)[C@@H](OC(=O)c3ccccc3)C3[C@](C)(C(=O)[C@H](O)C(=C1C)C2(C)C)C(OC1OCC(O)C(O)C1O)C[C@H]1OC[C@@]31OC(C)=O. The summed E-state index contributed by atoms with van der Waals surface area (Å²) in [5.74, 6) is -6.02. The Balaban J connectivity index is 1.37. The summed E-state index contributed by atoms with van der Waals surface area (Å²) in [7, 11) is 0. The molecule has 0 aromatic heterocycles. The van der Waals surface area contributed by atoms with Crippen molar-refractivity contribution in [3.05, 3.63) is 82.9 Å². The number of benzene rings is 2. The number of nitrogens with one attached hydrogen (secondary N) is 1. The molecular formula is C49H63NO17. The molecule has 366 valence electrons. The zero-order valence-corrected chi connectivity index (χ0v) is 38.5. The lowest BCUT2D eigenvalue weighted by Crippen LogP contribution is -2.82. The summed E-state index contributed by atoms with van der Waals surface area (Å²) in [6.45, 7) is 8.25. The highest BCUT2D eigenvalue weighted by molar-refractivity contribution is 5.94. The molecule has 0 spiro atoms. The van der Waals surface area contributed by atoms with Crippen LogP contribution >= 0.6 is 0 Å². The van der Waals surface area contributed by atoms with Crippen molar-refractivity contribution in [1.82, 2.24) is 5.32 Å². The Labute approximate surface area is 388 Å². The van der Waals surface area contributed by atoms with Gasteiger partial charge in [-0.3, -0.25) is 14.4 Å². The maximum Gasteiger partial charge on any atom is 0.338 e. The number of ketones is 1. The topological polar surface area (TPSA) is 274 Å². The highest BCUT2D eigenvalue weighted by atomic mass is 16.7. The highest BCUT2D eigenvalue weighted by Gasteiger charge is 2.78. The normalized spacial score (nSPS) is 36.4. The van der Waals surface area contributed by atoms with E-state index in [9.17, 15) is 49.8 Å². The Hall–Kier alpha value is -4.63. The van der Waals surface area contributed by atoms with E-state index in [1.807, 2.05) is 6.92 Å². The van der Waals surface area contributed by atoms with Crippen molar-refractivity contribution in [2.45, 2.75) is 159 Å². The third kappa shape index (κ3) is 8.85. The van der Waals surface area contributed by atoms with E-state index < -0.39 is 138 Å². The van der Waals surface area contributed by atoms with E-state index in [0.717, 1.165) is 19.8 Å². The van der Waals surface area contributed by atoms with E-state index in [-0.39, 0.29) is 36.2 Å². The van der Waals surface area contributed by atoms with Gasteiger partial charge in [-0.25, -0.2) is 9.59 Å². The highest BCUT2D eigenvalue weighted by Crippen LogP contribution is 2.65. The number of hydrogen-bond donors (Lipinski definition) is 7. The van der Waals surface area contributed by atoms with Crippen LogP contribution in [0.2, 0.25) is 0 Å². The third-order valence-corrected chi connectivity index (χ3v) is 14.9. The van der Waals surface area contributed by atoms with Crippen LogP contribution in [0.5, 0.6) is 0 Å². The molecule has 2 aromatic carbocycles. The lowest BCUT2D eigenvalue weighted by molar-refractivity contribution is -0.366. The molecule has 18 nitrogen and oxygen atoms in total. The molecule has 7 N–H and O–H groups in total. The molecule has 18 heteroatoms. The number of ether oxygens (including phenoxy) is 6. The maximum absolute atomic E-state index is 15.7. The molecule has 7 rings (SSSR count). The standard InChI is InChI=1S/C49H63NO17/c1-7-8-11-20-33(53)50-35(27-16-12-9-13-17-27)38(56)44(60)64-30-22-49(61)42(66-43(59)28-18-14-10-15-19-28)40-47(6,41(58)37(55)34(25(30)2)46(49,4)5)31(21-32-48(40,24-63-32)67-26(3)51)65-45-39(57)36(54)29(52)23-62-45/h9-10,12-19,29-32,35-40,42,45,52,54-57,61H,7-8,11,20-24H2,1-6H3,(H,50,53)/t29?,30-,31?,32+,35-,36?,37+,38-,39?,40?,42-,45?,47+,48-,49+/m0/s1. The summed E-state index contributed by atoms with van der Waals surface area (Å²) >= 11 is 0. The molecule has 67 heavy (non-hydrogen) atoms. The van der Waals surface area contributed by atoms with Crippen LogP contribution in [0.15, 0.2) is 71.8 Å². The van der Waals surface area contributed by atoms with Crippen LogP contribution in [0.1, 0.15) is 102 Å². The minimum absolute atomic E-state index is 0.0365. The number of aliphatic hydroxyl groups is 6. The quantitative estimate of drug-likeness (QED) is 0.0617. The Morgan fingerprint density at radius 3 is 2.18 bits per heavy atom. The van der Waals surface area contributed by atoms with E-state index in [2.05, 4.69) is 5.32 Å². The molecule has 3 aliphatic carbocycles. The van der Waals surface area contributed by atoms with E-state index in [4.69, 9.17) is 28.4 Å². The predicted molar refractivity (Wildman–Crippen MR) is 233 cm³/mol.